The van der Waals surface area contributed by atoms with Crippen LogP contribution < -0.4 is 46.9 Å². The Hall–Kier alpha value is -6.94. The Kier molecular flexibility index (Phi) is 20.3. The zero-order valence-corrected chi connectivity index (χ0v) is 51.6. The topological polar surface area (TPSA) is 143 Å². The molecule has 0 aromatic heterocycles. The van der Waals surface area contributed by atoms with Gasteiger partial charge in [0.1, 0.15) is 21.2 Å². The number of nitrogens with zero attached hydrogens (tertiary/aromatic N) is 5. The largest absolute Gasteiger partial charge is 0.488 e. The summed E-state index contributed by atoms with van der Waals surface area (Å²) in [7, 11) is 2.80. The predicted octanol–water partition coefficient (Wildman–Crippen LogP) is 5.42. The highest BCUT2D eigenvalue weighted by atomic mass is 28.3. The number of anilines is 2. The lowest BCUT2D eigenvalue weighted by atomic mass is 9.77. The summed E-state index contributed by atoms with van der Waals surface area (Å²) in [6.07, 6.45) is 9.31. The Bertz CT molecular complexity index is 3580. The van der Waals surface area contributed by atoms with Gasteiger partial charge in [0.05, 0.1) is 0 Å². The second-order valence-corrected chi connectivity index (χ2v) is 27.8. The number of amides is 1. The molecule has 0 fully saturated rings. The van der Waals surface area contributed by atoms with E-state index in [4.69, 9.17) is 0 Å². The van der Waals surface area contributed by atoms with E-state index in [0.29, 0.717) is 87.1 Å². The molecule has 0 spiro atoms. The molecular formula is C68H85B2N6O6Si+. The van der Waals surface area contributed by atoms with Gasteiger partial charge in [0.15, 0.2) is 5.78 Å². The number of hydrogen-bond donors (Lipinski definition) is 5. The summed E-state index contributed by atoms with van der Waals surface area (Å²) in [6.45, 7) is 25.6. The van der Waals surface area contributed by atoms with Crippen molar-refractivity contribution in [2.24, 2.45) is 0 Å². The molecule has 1 aliphatic carbocycles. The van der Waals surface area contributed by atoms with Gasteiger partial charge in [-0.05, 0) is 183 Å². The number of benzene rings is 6. The molecule has 6 aromatic rings. The number of fused-ring (bicyclic) bond motifs is 4. The molecule has 0 radical (unpaired) electrons. The van der Waals surface area contributed by atoms with Crippen LogP contribution in [0.15, 0.2) is 134 Å². The van der Waals surface area contributed by atoms with Gasteiger partial charge in [0.25, 0.3) is 0 Å². The van der Waals surface area contributed by atoms with E-state index in [0.717, 1.165) is 85.6 Å². The van der Waals surface area contributed by atoms with Crippen LogP contribution in [-0.4, -0.2) is 135 Å². The number of hydrogen-bond acceptors (Lipinski definition) is 10. The maximum atomic E-state index is 12.9. The van der Waals surface area contributed by atoms with Gasteiger partial charge in [-0.25, -0.2) is 4.58 Å². The Morgan fingerprint density at radius 3 is 1.69 bits per heavy atom. The highest BCUT2D eigenvalue weighted by Crippen LogP contribution is 2.34. The van der Waals surface area contributed by atoms with Crippen LogP contribution in [0.1, 0.15) is 92.3 Å². The standard InChI is InChI=1S/C68H84B2N6O6Si/c1-13-76(14-2)53-30-32-55-59(39-53)61(45-75(37-21-35-71-68(78)47(5)6)43-50-23-16-18-25-63(50)70(81)82)54-31-27-48(67-56-33-28-51(72(7)8)40-65(56)83(11,12)66-41-52(73(9)10)29-34-57(66)67)38-58(54)60(55)44-74(36-20-19-26-64(77)46(3)4)42-49-22-15-17-24-62(49)69(79)80/h15-18,22-25,27-34,38-41,79-82H,3,5,13-14,19-21,26,35-37,42-45H2,1-2,4,6-12H3/p+1. The lowest BCUT2D eigenvalue weighted by molar-refractivity contribution is -0.518. The number of rotatable bonds is 25. The SMILES string of the molecule is C=C(C)C(=O)CCCCN(Cc1ccccc1B(O)O)Cc1c2c(c(CN(CCCNC(=O)C(=C)C)Cc3ccccc3B(O)O)c3ccc(=C4c5ccc(N(C)C)cc5[Si](C)(C)c5cc(N(C)C)ccc54)cc13)=CC(=[N+](CC)CC)C=C2. The minimum absolute atomic E-state index is 0.0568. The molecule has 1 aliphatic heterocycles. The van der Waals surface area contributed by atoms with Crippen LogP contribution in [0.25, 0.3) is 28.5 Å². The zero-order valence-electron chi connectivity index (χ0n) is 50.6. The van der Waals surface area contributed by atoms with E-state index in [1.807, 2.05) is 36.4 Å². The predicted molar refractivity (Wildman–Crippen MR) is 350 cm³/mol. The summed E-state index contributed by atoms with van der Waals surface area (Å²) in [5, 5.41) is 53.0. The third-order valence-corrected chi connectivity index (χ3v) is 20.3. The van der Waals surface area contributed by atoms with Crippen LogP contribution >= 0.6 is 0 Å². The molecule has 15 heteroatoms. The summed E-state index contributed by atoms with van der Waals surface area (Å²) in [6, 6.07) is 36.0. The first-order valence-corrected chi connectivity index (χ1v) is 32.4. The molecule has 8 rings (SSSR count). The van der Waals surface area contributed by atoms with Crippen molar-refractivity contribution in [3.8, 4) is 0 Å². The van der Waals surface area contributed by atoms with E-state index in [2.05, 4.69) is 171 Å². The third kappa shape index (κ3) is 14.0. The molecule has 83 heavy (non-hydrogen) atoms. The van der Waals surface area contributed by atoms with Crippen molar-refractivity contribution in [2.45, 2.75) is 92.7 Å². The number of ketones is 1. The van der Waals surface area contributed by atoms with Gasteiger partial charge in [-0.2, -0.15) is 0 Å². The van der Waals surface area contributed by atoms with Gasteiger partial charge in [-0.3, -0.25) is 19.4 Å². The molecule has 1 heterocycles. The van der Waals surface area contributed by atoms with Gasteiger partial charge < -0.3 is 35.2 Å². The van der Waals surface area contributed by atoms with Crippen LogP contribution in [0.5, 0.6) is 0 Å². The minimum atomic E-state index is -2.29. The number of carbonyl (C=O) groups excluding carboxylic acids is 2. The molecule has 0 saturated heterocycles. The monoisotopic (exact) mass is 1130 g/mol. The summed E-state index contributed by atoms with van der Waals surface area (Å²) in [5.74, 6) is -0.132. The van der Waals surface area contributed by atoms with Crippen molar-refractivity contribution >= 4 is 101 Å². The van der Waals surface area contributed by atoms with Crippen molar-refractivity contribution in [2.75, 3.05) is 70.7 Å². The molecule has 0 atom stereocenters. The number of unbranched alkanes of at least 4 members (excludes halogenated alkanes) is 1. The molecule has 12 nitrogen and oxygen atoms in total. The van der Waals surface area contributed by atoms with Crippen molar-refractivity contribution in [3.05, 3.63) is 183 Å². The van der Waals surface area contributed by atoms with E-state index in [-0.39, 0.29) is 11.7 Å². The van der Waals surface area contributed by atoms with E-state index >= 15 is 0 Å². The van der Waals surface area contributed by atoms with Gasteiger partial charge in [-0.1, -0.05) is 99.0 Å². The quantitative estimate of drug-likeness (QED) is 0.0219. The first-order chi connectivity index (χ1) is 39.6. The fourth-order valence-corrected chi connectivity index (χ4v) is 15.1. The molecule has 0 unspecified atom stereocenters. The summed E-state index contributed by atoms with van der Waals surface area (Å²) in [4.78, 5) is 34.8. The minimum Gasteiger partial charge on any atom is -0.423 e. The smallest absolute Gasteiger partial charge is 0.423 e. The molecule has 1 amide bonds. The van der Waals surface area contributed by atoms with Gasteiger partial charge in [0, 0.05) is 103 Å². The number of Topliss-reactive ketones (excluding diaryl/α,β-unsaturated/α-hetero) is 1. The molecule has 0 bridgehead atoms. The number of nitrogens with one attached hydrogen (secondary N) is 1. The third-order valence-electron chi connectivity index (χ3n) is 16.8. The second-order valence-electron chi connectivity index (χ2n) is 23.5. The van der Waals surface area contributed by atoms with E-state index in [1.165, 1.54) is 27.1 Å². The van der Waals surface area contributed by atoms with Gasteiger partial charge in [-0.15, -0.1) is 0 Å². The maximum absolute atomic E-state index is 12.9. The second kappa shape index (κ2) is 27.2. The maximum Gasteiger partial charge on any atom is 0.488 e. The van der Waals surface area contributed by atoms with Crippen molar-refractivity contribution < 1.29 is 34.3 Å². The summed E-state index contributed by atoms with van der Waals surface area (Å²) in [5.41, 5.74) is 13.9. The van der Waals surface area contributed by atoms with Crippen molar-refractivity contribution in [1.82, 2.24) is 15.1 Å². The van der Waals surface area contributed by atoms with Crippen LogP contribution in [0.4, 0.5) is 11.4 Å². The first-order valence-electron chi connectivity index (χ1n) is 29.4. The van der Waals surface area contributed by atoms with E-state index < -0.39 is 22.3 Å². The van der Waals surface area contributed by atoms with Crippen LogP contribution in [0, 0.1) is 0 Å². The van der Waals surface area contributed by atoms with Crippen LogP contribution in [0.3, 0.4) is 0 Å². The highest BCUT2D eigenvalue weighted by molar-refractivity contribution is 7.02. The Morgan fingerprint density at radius 2 is 1.17 bits per heavy atom. The lowest BCUT2D eigenvalue weighted by Gasteiger charge is -2.37. The average Bonchev–Trinajstić information content (AvgIpc) is 3.66. The Balaban J connectivity index is 1.46. The highest BCUT2D eigenvalue weighted by Gasteiger charge is 2.38. The molecule has 0 saturated carbocycles. The molecule has 6 aromatic carbocycles. The van der Waals surface area contributed by atoms with E-state index in [9.17, 15) is 29.7 Å². The fraction of sp³-hybridized carbons (Fsp3) is 0.338. The fourth-order valence-electron chi connectivity index (χ4n) is 12.1. The van der Waals surface area contributed by atoms with Crippen LogP contribution in [0.2, 0.25) is 13.1 Å². The zero-order chi connectivity index (χ0) is 59.9. The molecule has 2 aliphatic rings. The summed E-state index contributed by atoms with van der Waals surface area (Å²) >= 11 is 0. The number of carbonyl (C=O) groups is 2. The van der Waals surface area contributed by atoms with Gasteiger partial charge >= 0.3 is 14.2 Å². The molecular weight excluding hydrogens is 1050 g/mol. The number of allylic oxidation sites excluding steroid dienone is 2. The van der Waals surface area contributed by atoms with E-state index in [1.54, 1.807) is 26.0 Å². The Morgan fingerprint density at radius 1 is 0.627 bits per heavy atom. The van der Waals surface area contributed by atoms with Crippen molar-refractivity contribution in [3.63, 3.8) is 0 Å². The average molecular weight is 1130 g/mol. The lowest BCUT2D eigenvalue weighted by Crippen LogP contribution is -2.58. The molecule has 5 N–H and O–H groups in total. The van der Waals surface area contributed by atoms with Crippen LogP contribution in [-0.2, 0) is 35.8 Å². The Labute approximate surface area is 494 Å². The van der Waals surface area contributed by atoms with Crippen molar-refractivity contribution in [1.29, 1.82) is 0 Å². The molecule has 432 valence electrons. The normalized spacial score (nSPS) is 13.1. The summed E-state index contributed by atoms with van der Waals surface area (Å²) < 4.78 is 2.37. The van der Waals surface area contributed by atoms with Gasteiger partial charge in [0.2, 0.25) is 11.6 Å². The first kappa shape index (κ1) is 62.1.